The minimum Gasteiger partial charge on any atom is -0.330 e. The number of nitrogens with zero attached hydrogens (tertiary/aromatic N) is 1. The first-order chi connectivity index (χ1) is 6.33. The Balaban J connectivity index is 2.25. The Morgan fingerprint density at radius 2 is 2.23 bits per heavy atom. The number of aromatic nitrogens is 1. The van der Waals surface area contributed by atoms with Crippen LogP contribution in [0.25, 0.3) is 0 Å². The second kappa shape index (κ2) is 3.11. The Bertz CT molecular complexity index is 283. The van der Waals surface area contributed by atoms with Gasteiger partial charge in [-0.1, -0.05) is 13.3 Å². The zero-order valence-electron chi connectivity index (χ0n) is 8.03. The van der Waals surface area contributed by atoms with Crippen molar-refractivity contribution in [1.29, 1.82) is 0 Å². The molecule has 2 N–H and O–H groups in total. The van der Waals surface area contributed by atoms with E-state index < -0.39 is 0 Å². The second-order valence-corrected chi connectivity index (χ2v) is 3.91. The van der Waals surface area contributed by atoms with Crippen molar-refractivity contribution >= 4 is 0 Å². The number of nitrogens with two attached hydrogens (primary N) is 1. The van der Waals surface area contributed by atoms with E-state index >= 15 is 0 Å². The third kappa shape index (κ3) is 1.25. The van der Waals surface area contributed by atoms with Crippen LogP contribution < -0.4 is 5.73 Å². The van der Waals surface area contributed by atoms with Gasteiger partial charge in [-0.3, -0.25) is 4.98 Å². The van der Waals surface area contributed by atoms with E-state index in [2.05, 4.69) is 24.0 Å². The highest BCUT2D eigenvalue weighted by Crippen LogP contribution is 2.54. The van der Waals surface area contributed by atoms with Crippen molar-refractivity contribution in [2.24, 2.45) is 11.7 Å². The molecule has 0 saturated heterocycles. The first-order valence-electron chi connectivity index (χ1n) is 4.94. The number of rotatable bonds is 3. The first-order valence-corrected chi connectivity index (χ1v) is 4.94. The van der Waals surface area contributed by atoms with Crippen LogP contribution >= 0.6 is 0 Å². The molecule has 1 aromatic heterocycles. The van der Waals surface area contributed by atoms with Crippen molar-refractivity contribution in [3.63, 3.8) is 0 Å². The summed E-state index contributed by atoms with van der Waals surface area (Å²) in [6.45, 7) is 3.01. The summed E-state index contributed by atoms with van der Waals surface area (Å²) in [4.78, 5) is 4.03. The Morgan fingerprint density at radius 3 is 2.69 bits per heavy atom. The van der Waals surface area contributed by atoms with E-state index in [0.717, 1.165) is 12.5 Å². The molecule has 13 heavy (non-hydrogen) atoms. The van der Waals surface area contributed by atoms with Crippen LogP contribution in [0.5, 0.6) is 0 Å². The maximum atomic E-state index is 5.85. The van der Waals surface area contributed by atoms with Crippen LogP contribution in [0.4, 0.5) is 0 Å². The molecule has 2 heteroatoms. The second-order valence-electron chi connectivity index (χ2n) is 3.91. The lowest BCUT2D eigenvalue weighted by molar-refractivity contribution is 0.599. The summed E-state index contributed by atoms with van der Waals surface area (Å²) in [7, 11) is 0. The van der Waals surface area contributed by atoms with Crippen LogP contribution in [0.15, 0.2) is 24.5 Å². The Hall–Kier alpha value is -0.890. The van der Waals surface area contributed by atoms with Gasteiger partial charge in [0.25, 0.3) is 0 Å². The fraction of sp³-hybridized carbons (Fsp3) is 0.545. The molecule has 1 aliphatic carbocycles. The van der Waals surface area contributed by atoms with Gasteiger partial charge >= 0.3 is 0 Å². The van der Waals surface area contributed by atoms with Gasteiger partial charge in [0, 0.05) is 24.4 Å². The minimum absolute atomic E-state index is 0.289. The van der Waals surface area contributed by atoms with Crippen LogP contribution in [0.3, 0.4) is 0 Å². The molecule has 2 atom stereocenters. The molecule has 2 unspecified atom stereocenters. The normalized spacial score (nSPS) is 31.7. The van der Waals surface area contributed by atoms with Crippen molar-refractivity contribution in [2.75, 3.05) is 6.54 Å². The summed E-state index contributed by atoms with van der Waals surface area (Å²) in [5.41, 5.74) is 7.51. The fourth-order valence-electron chi connectivity index (χ4n) is 2.32. The van der Waals surface area contributed by atoms with Crippen LogP contribution in [-0.4, -0.2) is 11.5 Å². The predicted octanol–water partition coefficient (Wildman–Crippen LogP) is 1.71. The number of pyridine rings is 1. The van der Waals surface area contributed by atoms with Gasteiger partial charge in [-0.2, -0.15) is 0 Å². The quantitative estimate of drug-likeness (QED) is 0.761. The van der Waals surface area contributed by atoms with E-state index in [1.807, 2.05) is 12.4 Å². The van der Waals surface area contributed by atoms with E-state index in [1.54, 1.807) is 0 Å². The Morgan fingerprint density at radius 1 is 1.54 bits per heavy atom. The lowest BCUT2D eigenvalue weighted by Crippen LogP contribution is -2.22. The van der Waals surface area contributed by atoms with Gasteiger partial charge in [-0.15, -0.1) is 0 Å². The summed E-state index contributed by atoms with van der Waals surface area (Å²) in [6.07, 6.45) is 6.21. The van der Waals surface area contributed by atoms with Gasteiger partial charge in [-0.25, -0.2) is 0 Å². The van der Waals surface area contributed by atoms with Gasteiger partial charge in [0.05, 0.1) is 0 Å². The first kappa shape index (κ1) is 8.70. The third-order valence-electron chi connectivity index (χ3n) is 3.34. The van der Waals surface area contributed by atoms with Crippen molar-refractivity contribution in [1.82, 2.24) is 4.98 Å². The fourth-order valence-corrected chi connectivity index (χ4v) is 2.32. The molecule has 0 spiro atoms. The molecule has 1 aliphatic rings. The molecule has 0 bridgehead atoms. The molecule has 1 aromatic rings. The predicted molar refractivity (Wildman–Crippen MR) is 53.4 cm³/mol. The van der Waals surface area contributed by atoms with E-state index in [0.29, 0.717) is 0 Å². The van der Waals surface area contributed by atoms with E-state index in [4.69, 9.17) is 5.73 Å². The molecule has 1 saturated carbocycles. The SMILES string of the molecule is CCC1CC1(CN)c1ccncc1. The van der Waals surface area contributed by atoms with Gasteiger partial charge in [0.2, 0.25) is 0 Å². The zero-order chi connectivity index (χ0) is 9.31. The van der Waals surface area contributed by atoms with Crippen LogP contribution in [0, 0.1) is 5.92 Å². The van der Waals surface area contributed by atoms with Crippen LogP contribution in [0.2, 0.25) is 0 Å². The molecule has 0 aliphatic heterocycles. The standard InChI is InChI=1S/C11H16N2/c1-2-9-7-11(9,8-12)10-3-5-13-6-4-10/h3-6,9H,2,7-8,12H2,1H3. The number of hydrogen-bond acceptors (Lipinski definition) is 2. The molecule has 1 fully saturated rings. The molecule has 0 amide bonds. The van der Waals surface area contributed by atoms with Crippen molar-refractivity contribution in [3.8, 4) is 0 Å². The lowest BCUT2D eigenvalue weighted by atomic mass is 9.93. The van der Waals surface area contributed by atoms with Crippen molar-refractivity contribution in [3.05, 3.63) is 30.1 Å². The minimum atomic E-state index is 0.289. The van der Waals surface area contributed by atoms with E-state index in [-0.39, 0.29) is 5.41 Å². The van der Waals surface area contributed by atoms with Crippen molar-refractivity contribution in [2.45, 2.75) is 25.2 Å². The van der Waals surface area contributed by atoms with Gasteiger partial charge in [0.1, 0.15) is 0 Å². The summed E-state index contributed by atoms with van der Waals surface area (Å²) in [5.74, 6) is 0.792. The molecule has 0 radical (unpaired) electrons. The lowest BCUT2D eigenvalue weighted by Gasteiger charge is -2.14. The molecule has 70 valence electrons. The van der Waals surface area contributed by atoms with Crippen molar-refractivity contribution < 1.29 is 0 Å². The molecular weight excluding hydrogens is 160 g/mol. The molecule has 0 aromatic carbocycles. The van der Waals surface area contributed by atoms with Gasteiger partial charge < -0.3 is 5.73 Å². The summed E-state index contributed by atoms with van der Waals surface area (Å²) >= 11 is 0. The summed E-state index contributed by atoms with van der Waals surface area (Å²) in [5, 5.41) is 0. The highest BCUT2D eigenvalue weighted by Gasteiger charge is 2.52. The van der Waals surface area contributed by atoms with Crippen LogP contribution in [0.1, 0.15) is 25.3 Å². The number of hydrogen-bond donors (Lipinski definition) is 1. The largest absolute Gasteiger partial charge is 0.330 e. The summed E-state index contributed by atoms with van der Waals surface area (Å²) < 4.78 is 0. The monoisotopic (exact) mass is 176 g/mol. The molecule has 2 rings (SSSR count). The molecule has 1 heterocycles. The topological polar surface area (TPSA) is 38.9 Å². The summed E-state index contributed by atoms with van der Waals surface area (Å²) in [6, 6.07) is 4.20. The average Bonchev–Trinajstić information content (AvgIpc) is 2.94. The van der Waals surface area contributed by atoms with Gasteiger partial charge in [0.15, 0.2) is 0 Å². The zero-order valence-corrected chi connectivity index (χ0v) is 8.03. The third-order valence-corrected chi connectivity index (χ3v) is 3.34. The maximum absolute atomic E-state index is 5.85. The Kier molecular flexibility index (Phi) is 2.08. The Labute approximate surface area is 79.2 Å². The van der Waals surface area contributed by atoms with Gasteiger partial charge in [-0.05, 0) is 30.0 Å². The highest BCUT2D eigenvalue weighted by atomic mass is 14.7. The maximum Gasteiger partial charge on any atom is 0.0270 e. The molecular formula is C11H16N2. The van der Waals surface area contributed by atoms with E-state index in [1.165, 1.54) is 18.4 Å². The van der Waals surface area contributed by atoms with Crippen LogP contribution in [-0.2, 0) is 5.41 Å². The van der Waals surface area contributed by atoms with E-state index in [9.17, 15) is 0 Å². The molecule has 2 nitrogen and oxygen atoms in total. The smallest absolute Gasteiger partial charge is 0.0270 e. The average molecular weight is 176 g/mol. The highest BCUT2D eigenvalue weighted by molar-refractivity contribution is 5.32.